The molecule has 1 saturated carbocycles. The van der Waals surface area contributed by atoms with Gasteiger partial charge in [-0.15, -0.1) is 0 Å². The minimum atomic E-state index is -0.458. The maximum absolute atomic E-state index is 14.8. The van der Waals surface area contributed by atoms with Gasteiger partial charge in [0.2, 0.25) is 0 Å². The maximum atomic E-state index is 14.8. The zero-order chi connectivity index (χ0) is 27.6. The fourth-order valence-electron chi connectivity index (χ4n) is 4.35. The monoisotopic (exact) mass is 536 g/mol. The molecule has 0 spiro atoms. The van der Waals surface area contributed by atoms with E-state index in [0.717, 1.165) is 29.7 Å². The highest BCUT2D eigenvalue weighted by atomic mass is 32.2. The van der Waals surface area contributed by atoms with Crippen LogP contribution in [-0.4, -0.2) is 21.4 Å². The van der Waals surface area contributed by atoms with Crippen molar-refractivity contribution in [3.63, 3.8) is 0 Å². The number of benzene rings is 2. The first kappa shape index (κ1) is 27.4. The summed E-state index contributed by atoms with van der Waals surface area (Å²) in [5.41, 5.74) is 3.53. The van der Waals surface area contributed by atoms with Crippen LogP contribution in [0.5, 0.6) is 0 Å². The van der Waals surface area contributed by atoms with Crippen LogP contribution in [-0.2, 0) is 7.05 Å². The minimum absolute atomic E-state index is 0.00306. The van der Waals surface area contributed by atoms with Gasteiger partial charge in [0, 0.05) is 36.0 Å². The second-order valence-corrected chi connectivity index (χ2v) is 9.83. The van der Waals surface area contributed by atoms with Crippen molar-refractivity contribution in [1.29, 1.82) is 0 Å². The number of aryl methyl sites for hydroxylation is 2. The number of nitrogens with one attached hydrogen (secondary N) is 3. The normalized spacial score (nSPS) is 12.7. The van der Waals surface area contributed by atoms with Crippen LogP contribution in [0.1, 0.15) is 43.9 Å². The molecule has 0 radical (unpaired) electrons. The highest BCUT2D eigenvalue weighted by molar-refractivity contribution is 7.98. The summed E-state index contributed by atoms with van der Waals surface area (Å²) in [6, 6.07) is 12.4. The van der Waals surface area contributed by atoms with Gasteiger partial charge < -0.3 is 14.6 Å². The van der Waals surface area contributed by atoms with E-state index in [-0.39, 0.29) is 22.8 Å². The summed E-state index contributed by atoms with van der Waals surface area (Å²) in [5, 5.41) is 8.14. The Bertz CT molecular complexity index is 1610. The second-order valence-electron chi connectivity index (χ2n) is 9.01. The Hall–Kier alpha value is -3.63. The predicted octanol–water partition coefficient (Wildman–Crippen LogP) is 5.82. The molecule has 10 heteroatoms. The van der Waals surface area contributed by atoms with Gasteiger partial charge in [-0.05, 0) is 63.6 Å². The van der Waals surface area contributed by atoms with Crippen LogP contribution >= 0.6 is 12.1 Å². The zero-order valence-corrected chi connectivity index (χ0v) is 23.3. The van der Waals surface area contributed by atoms with Crippen LogP contribution < -0.4 is 25.9 Å². The van der Waals surface area contributed by atoms with E-state index >= 15 is 0 Å². The average Bonchev–Trinajstić information content (AvgIpc) is 3.76. The summed E-state index contributed by atoms with van der Waals surface area (Å²) in [7, 11) is 3.45. The Kier molecular flexibility index (Phi) is 8.23. The van der Waals surface area contributed by atoms with E-state index in [0.29, 0.717) is 27.8 Å². The average molecular weight is 537 g/mol. The highest BCUT2D eigenvalue weighted by Gasteiger charge is 2.30. The summed E-state index contributed by atoms with van der Waals surface area (Å²) in [4.78, 5) is 27.1. The van der Waals surface area contributed by atoms with Gasteiger partial charge in [0.25, 0.3) is 11.1 Å². The molecule has 1 fully saturated rings. The second kappa shape index (κ2) is 11.4. The third-order valence-corrected chi connectivity index (χ3v) is 6.90. The van der Waals surface area contributed by atoms with E-state index in [9.17, 15) is 14.0 Å². The van der Waals surface area contributed by atoms with Crippen molar-refractivity contribution in [2.45, 2.75) is 46.6 Å². The third-order valence-electron chi connectivity index (χ3n) is 6.36. The Morgan fingerprint density at radius 2 is 1.79 bits per heavy atom. The Morgan fingerprint density at radius 1 is 1.05 bits per heavy atom. The van der Waals surface area contributed by atoms with Crippen LogP contribution in [0.2, 0.25) is 0 Å². The molecule has 0 aliphatic heterocycles. The lowest BCUT2D eigenvalue weighted by Gasteiger charge is -2.19. The van der Waals surface area contributed by atoms with E-state index in [1.165, 1.54) is 27.4 Å². The number of nitrogens with zero attached hydrogens (tertiary/aromatic N) is 3. The molecule has 0 unspecified atom stereocenters. The highest BCUT2D eigenvalue weighted by Crippen LogP contribution is 2.37. The van der Waals surface area contributed by atoms with Crippen LogP contribution in [0.4, 0.5) is 21.5 Å². The largest absolute Gasteiger partial charge is 0.352 e. The molecule has 4 aromatic rings. The smallest absolute Gasteiger partial charge is 0.278 e. The molecule has 0 amide bonds. The van der Waals surface area contributed by atoms with Crippen molar-refractivity contribution >= 4 is 40.1 Å². The van der Waals surface area contributed by atoms with Gasteiger partial charge in [-0.25, -0.2) is 13.8 Å². The van der Waals surface area contributed by atoms with Crippen LogP contribution in [0.15, 0.2) is 52.1 Å². The van der Waals surface area contributed by atoms with Crippen molar-refractivity contribution in [2.24, 2.45) is 7.05 Å². The first-order valence-corrected chi connectivity index (χ1v) is 13.5. The van der Waals surface area contributed by atoms with E-state index in [2.05, 4.69) is 14.8 Å². The molecule has 0 atom stereocenters. The molecule has 1 aliphatic carbocycles. The minimum Gasteiger partial charge on any atom is -0.352 e. The number of halogens is 1. The lowest BCUT2D eigenvalue weighted by molar-refractivity contribution is 0.607. The van der Waals surface area contributed by atoms with Crippen LogP contribution in [0, 0.1) is 19.7 Å². The zero-order valence-electron chi connectivity index (χ0n) is 22.5. The molecule has 2 aromatic heterocycles. The van der Waals surface area contributed by atoms with Crippen LogP contribution in [0.3, 0.4) is 0 Å². The maximum Gasteiger partial charge on any atom is 0.278 e. The van der Waals surface area contributed by atoms with Crippen molar-refractivity contribution < 1.29 is 4.39 Å². The quantitative estimate of drug-likeness (QED) is 0.256. The predicted molar refractivity (Wildman–Crippen MR) is 156 cm³/mol. The van der Waals surface area contributed by atoms with Gasteiger partial charge in [-0.2, -0.15) is 5.10 Å². The molecule has 2 heterocycles. The Morgan fingerprint density at radius 3 is 2.45 bits per heavy atom. The van der Waals surface area contributed by atoms with Crippen molar-refractivity contribution in [3.05, 3.63) is 80.1 Å². The third kappa shape index (κ3) is 5.19. The number of hydrogen-bond donors (Lipinski definition) is 3. The number of hydrogen-bond acceptors (Lipinski definition) is 7. The lowest BCUT2D eigenvalue weighted by Crippen LogP contribution is -2.29. The molecule has 2 aromatic carbocycles. The number of fused-ring (bicyclic) bond motifs is 1. The molecule has 0 saturated heterocycles. The summed E-state index contributed by atoms with van der Waals surface area (Å²) in [5.74, 6) is -0.458. The van der Waals surface area contributed by atoms with Crippen LogP contribution in [0.25, 0.3) is 22.2 Å². The molecule has 0 bridgehead atoms. The lowest BCUT2D eigenvalue weighted by atomic mass is 10.0. The SMILES string of the molecule is CC.CNSNc1cccc(-c2nn(C3CC3)c(=O)c3c(Nc4ccc(C)cc4F)c(C)c(=O)n(C)c23)c1. The van der Waals surface area contributed by atoms with Gasteiger partial charge in [0.1, 0.15) is 11.5 Å². The van der Waals surface area contributed by atoms with Gasteiger partial charge in [0.05, 0.1) is 28.3 Å². The molecular weight excluding hydrogens is 503 g/mol. The summed E-state index contributed by atoms with van der Waals surface area (Å²) < 4.78 is 23.9. The molecule has 5 rings (SSSR count). The Balaban J connectivity index is 0.00000164. The fraction of sp³-hybridized carbons (Fsp3) is 0.321. The summed E-state index contributed by atoms with van der Waals surface area (Å²) >= 11 is 1.33. The summed E-state index contributed by atoms with van der Waals surface area (Å²) in [6.07, 6.45) is 1.72. The van der Waals surface area contributed by atoms with E-state index < -0.39 is 5.82 Å². The van der Waals surface area contributed by atoms with E-state index in [4.69, 9.17) is 5.10 Å². The van der Waals surface area contributed by atoms with Gasteiger partial charge in [-0.1, -0.05) is 32.0 Å². The number of anilines is 3. The van der Waals surface area contributed by atoms with Gasteiger partial charge >= 0.3 is 0 Å². The van der Waals surface area contributed by atoms with Gasteiger partial charge in [0.15, 0.2) is 0 Å². The number of rotatable bonds is 7. The molecule has 200 valence electrons. The molecule has 1 aliphatic rings. The van der Waals surface area contributed by atoms with E-state index in [1.54, 1.807) is 33.0 Å². The fourth-order valence-corrected chi connectivity index (χ4v) is 4.69. The molecular formula is C28H33FN6O2S. The van der Waals surface area contributed by atoms with Gasteiger partial charge in [-0.3, -0.25) is 9.59 Å². The van der Waals surface area contributed by atoms with E-state index in [1.807, 2.05) is 45.2 Å². The van der Waals surface area contributed by atoms with Crippen molar-refractivity contribution in [3.8, 4) is 11.3 Å². The molecule has 8 nitrogen and oxygen atoms in total. The first-order valence-electron chi connectivity index (χ1n) is 12.7. The molecule has 3 N–H and O–H groups in total. The number of aromatic nitrogens is 3. The Labute approximate surface area is 225 Å². The number of pyridine rings is 1. The standard InChI is InChI=1S/C26H27FN6O2S.C2H6/c1-14-8-11-20(19(27)12-14)29-22-15(2)25(34)32(4)24-21(22)26(35)33(18-9-10-18)30-23(24)16-6-5-7-17(13-16)31-36-28-3;1-2/h5-8,11-13,18,28-29,31H,9-10H2,1-4H3;1-2H3. The summed E-state index contributed by atoms with van der Waals surface area (Å²) in [6.45, 7) is 7.45. The first-order chi connectivity index (χ1) is 18.3. The van der Waals surface area contributed by atoms with Crippen molar-refractivity contribution in [1.82, 2.24) is 19.1 Å². The molecule has 38 heavy (non-hydrogen) atoms. The van der Waals surface area contributed by atoms with Crippen molar-refractivity contribution in [2.75, 3.05) is 17.1 Å². The topological polar surface area (TPSA) is 93.0 Å².